The summed E-state index contributed by atoms with van der Waals surface area (Å²) in [5.74, 6) is 0.488. The molecule has 0 amide bonds. The molecule has 2 N–H and O–H groups in total. The summed E-state index contributed by atoms with van der Waals surface area (Å²) in [6.45, 7) is 0.490. The average molecular weight is 351 g/mol. The molecule has 0 aromatic heterocycles. The van der Waals surface area contributed by atoms with Gasteiger partial charge in [0, 0.05) is 11.8 Å². The van der Waals surface area contributed by atoms with E-state index in [1.165, 1.54) is 17.7 Å². The summed E-state index contributed by atoms with van der Waals surface area (Å²) in [5, 5.41) is 10.7. The van der Waals surface area contributed by atoms with Gasteiger partial charge in [0.1, 0.15) is 5.75 Å². The minimum absolute atomic E-state index is 0.0201. The summed E-state index contributed by atoms with van der Waals surface area (Å²) in [6.07, 6.45) is 1.69. The molecule has 0 saturated carbocycles. The molecule has 110 valence electrons. The number of benzene rings is 2. The van der Waals surface area contributed by atoms with Crippen LogP contribution in [-0.2, 0) is 6.42 Å². The van der Waals surface area contributed by atoms with Crippen LogP contribution in [0.3, 0.4) is 0 Å². The SMILES string of the molecule is Nc1ccc(CCCOc2cc([N+](=O)[O-])ccc2Br)cc1. The maximum Gasteiger partial charge on any atom is 0.273 e. The minimum atomic E-state index is -0.437. The van der Waals surface area contributed by atoms with Crippen LogP contribution >= 0.6 is 15.9 Å². The molecular weight excluding hydrogens is 336 g/mol. The van der Waals surface area contributed by atoms with Crippen molar-refractivity contribution in [3.8, 4) is 5.75 Å². The fourth-order valence-corrected chi connectivity index (χ4v) is 2.22. The van der Waals surface area contributed by atoms with Crippen molar-refractivity contribution < 1.29 is 9.66 Å². The summed E-state index contributed by atoms with van der Waals surface area (Å²) in [7, 11) is 0. The molecule has 0 radical (unpaired) electrons. The van der Waals surface area contributed by atoms with Crippen molar-refractivity contribution in [1.82, 2.24) is 0 Å². The first kappa shape index (κ1) is 15.3. The predicted octanol–water partition coefficient (Wildman–Crippen LogP) is 3.95. The Kier molecular flexibility index (Phi) is 5.16. The molecule has 0 atom stereocenters. The molecule has 2 aromatic carbocycles. The first-order valence-electron chi connectivity index (χ1n) is 6.47. The monoisotopic (exact) mass is 350 g/mol. The quantitative estimate of drug-likeness (QED) is 0.370. The zero-order chi connectivity index (χ0) is 15.2. The Hall–Kier alpha value is -2.08. The van der Waals surface area contributed by atoms with Crippen molar-refractivity contribution in [3.05, 3.63) is 62.6 Å². The van der Waals surface area contributed by atoms with Gasteiger partial charge in [0.25, 0.3) is 5.69 Å². The van der Waals surface area contributed by atoms with E-state index in [2.05, 4.69) is 15.9 Å². The molecule has 2 aromatic rings. The second-order valence-electron chi connectivity index (χ2n) is 4.57. The lowest BCUT2D eigenvalue weighted by Crippen LogP contribution is -2.01. The van der Waals surface area contributed by atoms with Gasteiger partial charge in [-0.25, -0.2) is 0 Å². The molecule has 0 spiro atoms. The van der Waals surface area contributed by atoms with Gasteiger partial charge >= 0.3 is 0 Å². The lowest BCUT2D eigenvalue weighted by atomic mass is 10.1. The molecule has 0 saturated heterocycles. The van der Waals surface area contributed by atoms with Crippen molar-refractivity contribution >= 4 is 27.3 Å². The zero-order valence-corrected chi connectivity index (χ0v) is 12.9. The van der Waals surface area contributed by atoms with E-state index in [9.17, 15) is 10.1 Å². The fourth-order valence-electron chi connectivity index (χ4n) is 1.86. The Bertz CT molecular complexity index is 629. The minimum Gasteiger partial charge on any atom is -0.492 e. The standard InChI is InChI=1S/C15H15BrN2O3/c16-14-8-7-13(18(19)20)10-15(14)21-9-1-2-11-3-5-12(17)6-4-11/h3-8,10H,1-2,9,17H2. The number of nitrogen functional groups attached to an aromatic ring is 1. The highest BCUT2D eigenvalue weighted by atomic mass is 79.9. The third-order valence-electron chi connectivity index (χ3n) is 2.97. The molecule has 2 rings (SSSR count). The molecule has 0 heterocycles. The van der Waals surface area contributed by atoms with E-state index in [4.69, 9.17) is 10.5 Å². The summed E-state index contributed by atoms with van der Waals surface area (Å²) < 4.78 is 6.31. The van der Waals surface area contributed by atoms with Crippen LogP contribution in [-0.4, -0.2) is 11.5 Å². The van der Waals surface area contributed by atoms with E-state index in [0.717, 1.165) is 18.5 Å². The van der Waals surface area contributed by atoms with Crippen molar-refractivity contribution in [1.29, 1.82) is 0 Å². The highest BCUT2D eigenvalue weighted by Crippen LogP contribution is 2.29. The molecule has 0 aliphatic rings. The molecule has 6 heteroatoms. The van der Waals surface area contributed by atoms with Crippen LogP contribution in [0.2, 0.25) is 0 Å². The smallest absolute Gasteiger partial charge is 0.273 e. The van der Waals surface area contributed by atoms with Crippen LogP contribution in [0.15, 0.2) is 46.9 Å². The second kappa shape index (κ2) is 7.08. The zero-order valence-electron chi connectivity index (χ0n) is 11.3. The number of aryl methyl sites for hydroxylation is 1. The molecule has 0 fully saturated rings. The lowest BCUT2D eigenvalue weighted by molar-refractivity contribution is -0.385. The number of nitrogens with zero attached hydrogens (tertiary/aromatic N) is 1. The van der Waals surface area contributed by atoms with Gasteiger partial charge in [0.2, 0.25) is 0 Å². The van der Waals surface area contributed by atoms with E-state index in [-0.39, 0.29) is 5.69 Å². The Morgan fingerprint density at radius 3 is 2.57 bits per heavy atom. The van der Waals surface area contributed by atoms with Crippen LogP contribution in [0.1, 0.15) is 12.0 Å². The first-order chi connectivity index (χ1) is 10.1. The molecule has 21 heavy (non-hydrogen) atoms. The van der Waals surface area contributed by atoms with Crippen LogP contribution in [0.25, 0.3) is 0 Å². The summed E-state index contributed by atoms with van der Waals surface area (Å²) in [4.78, 5) is 10.3. The number of anilines is 1. The van der Waals surface area contributed by atoms with Crippen molar-refractivity contribution in [2.75, 3.05) is 12.3 Å². The van der Waals surface area contributed by atoms with Gasteiger partial charge in [-0.05, 0) is 52.5 Å². The third kappa shape index (κ3) is 4.46. The van der Waals surface area contributed by atoms with Crippen LogP contribution < -0.4 is 10.5 Å². The van der Waals surface area contributed by atoms with Crippen LogP contribution in [0.5, 0.6) is 5.75 Å². The molecular formula is C15H15BrN2O3. The van der Waals surface area contributed by atoms with E-state index >= 15 is 0 Å². The summed E-state index contributed by atoms with van der Waals surface area (Å²) >= 11 is 3.32. The number of ether oxygens (including phenoxy) is 1. The van der Waals surface area contributed by atoms with Crippen molar-refractivity contribution in [3.63, 3.8) is 0 Å². The van der Waals surface area contributed by atoms with Gasteiger partial charge in [-0.3, -0.25) is 10.1 Å². The highest BCUT2D eigenvalue weighted by Gasteiger charge is 2.10. The van der Waals surface area contributed by atoms with Crippen molar-refractivity contribution in [2.24, 2.45) is 0 Å². The number of halogens is 1. The maximum atomic E-state index is 10.7. The van der Waals surface area contributed by atoms with Crippen LogP contribution in [0, 0.1) is 10.1 Å². The van der Waals surface area contributed by atoms with Crippen molar-refractivity contribution in [2.45, 2.75) is 12.8 Å². The second-order valence-corrected chi connectivity index (χ2v) is 5.42. The Morgan fingerprint density at radius 2 is 1.90 bits per heavy atom. The predicted molar refractivity (Wildman–Crippen MR) is 85.5 cm³/mol. The molecule has 5 nitrogen and oxygen atoms in total. The van der Waals surface area contributed by atoms with E-state index in [0.29, 0.717) is 16.8 Å². The van der Waals surface area contributed by atoms with Gasteiger partial charge in [0.05, 0.1) is 22.1 Å². The molecule has 0 aliphatic carbocycles. The Balaban J connectivity index is 1.87. The highest BCUT2D eigenvalue weighted by molar-refractivity contribution is 9.10. The maximum absolute atomic E-state index is 10.7. The van der Waals surface area contributed by atoms with Gasteiger partial charge < -0.3 is 10.5 Å². The average Bonchev–Trinajstić information content (AvgIpc) is 2.47. The largest absolute Gasteiger partial charge is 0.492 e. The number of hydrogen-bond donors (Lipinski definition) is 1. The van der Waals surface area contributed by atoms with Gasteiger partial charge in [-0.1, -0.05) is 12.1 Å². The summed E-state index contributed by atoms with van der Waals surface area (Å²) in [5.41, 5.74) is 7.58. The number of rotatable bonds is 6. The number of nitro benzene ring substituents is 1. The number of hydrogen-bond acceptors (Lipinski definition) is 4. The topological polar surface area (TPSA) is 78.4 Å². The summed E-state index contributed by atoms with van der Waals surface area (Å²) in [6, 6.07) is 12.2. The Labute approximate surface area is 131 Å². The first-order valence-corrected chi connectivity index (χ1v) is 7.27. The molecule has 0 aliphatic heterocycles. The molecule has 0 bridgehead atoms. The normalized spacial score (nSPS) is 10.3. The molecule has 0 unspecified atom stereocenters. The number of non-ortho nitro benzene ring substituents is 1. The van der Waals surface area contributed by atoms with Gasteiger partial charge in [-0.15, -0.1) is 0 Å². The third-order valence-corrected chi connectivity index (χ3v) is 3.63. The van der Waals surface area contributed by atoms with E-state index < -0.39 is 4.92 Å². The van der Waals surface area contributed by atoms with Crippen LogP contribution in [0.4, 0.5) is 11.4 Å². The Morgan fingerprint density at radius 1 is 1.19 bits per heavy atom. The van der Waals surface area contributed by atoms with Gasteiger partial charge in [-0.2, -0.15) is 0 Å². The number of nitrogens with two attached hydrogens (primary N) is 1. The van der Waals surface area contributed by atoms with E-state index in [1.54, 1.807) is 6.07 Å². The van der Waals surface area contributed by atoms with Gasteiger partial charge in [0.15, 0.2) is 0 Å². The fraction of sp³-hybridized carbons (Fsp3) is 0.200. The number of nitro groups is 1. The van der Waals surface area contributed by atoms with E-state index in [1.807, 2.05) is 24.3 Å². The lowest BCUT2D eigenvalue weighted by Gasteiger charge is -2.08.